The first-order valence-corrected chi connectivity index (χ1v) is 4.83. The van der Waals surface area contributed by atoms with Crippen molar-refractivity contribution >= 4 is 0 Å². The maximum atomic E-state index is 12.8. The van der Waals surface area contributed by atoms with Gasteiger partial charge in [-0.1, -0.05) is 0 Å². The molecule has 24 heavy (non-hydrogen) atoms. The van der Waals surface area contributed by atoms with E-state index in [9.17, 15) is 65.9 Å². The summed E-state index contributed by atoms with van der Waals surface area (Å²) in [6.45, 7) is 0. The van der Waals surface area contributed by atoms with Crippen molar-refractivity contribution in [2.75, 3.05) is 0 Å². The molecule has 0 aromatic carbocycles. The minimum absolute atomic E-state index is 0.593. The molecule has 0 aliphatic heterocycles. The molecule has 1 radical (unpaired) electrons. The van der Waals surface area contributed by atoms with Crippen molar-refractivity contribution in [2.45, 2.75) is 35.5 Å². The molecule has 15 heteroatoms. The van der Waals surface area contributed by atoms with E-state index in [-0.39, 0.29) is 0 Å². The highest BCUT2D eigenvalue weighted by molar-refractivity contribution is 5.20. The second-order valence-electron chi connectivity index (χ2n) is 3.93. The van der Waals surface area contributed by atoms with Crippen LogP contribution in [0.2, 0.25) is 0 Å². The predicted molar refractivity (Wildman–Crippen MR) is 44.0 cm³/mol. The lowest BCUT2D eigenvalue weighted by atomic mass is 9.91. The van der Waals surface area contributed by atoms with E-state index in [1.165, 1.54) is 0 Å². The largest absolute Gasteiger partial charge is 0.390 e. The molecule has 0 amide bonds. The van der Waals surface area contributed by atoms with Crippen LogP contribution in [0.15, 0.2) is 0 Å². The lowest BCUT2D eigenvalue weighted by Crippen LogP contribution is -2.70. The van der Waals surface area contributed by atoms with Crippen LogP contribution in [0.25, 0.3) is 0 Å². The second kappa shape index (κ2) is 5.80. The Morgan fingerprint density at radius 3 is 1.17 bits per heavy atom. The molecule has 0 bridgehead atoms. The summed E-state index contributed by atoms with van der Waals surface area (Å²) in [7, 11) is 0. The zero-order valence-electron chi connectivity index (χ0n) is 10.2. The summed E-state index contributed by atoms with van der Waals surface area (Å²) in [6, 6.07) is 0. The summed E-state index contributed by atoms with van der Waals surface area (Å²) in [5, 5.41) is 0. The summed E-state index contributed by atoms with van der Waals surface area (Å²) in [4.78, 5) is 0. The molecule has 0 aromatic rings. The molecule has 0 fully saturated rings. The summed E-state index contributed by atoms with van der Waals surface area (Å²) in [6.07, 6.45) is -5.48. The van der Waals surface area contributed by atoms with Gasteiger partial charge in [0.25, 0.3) is 0 Å². The van der Waals surface area contributed by atoms with Crippen LogP contribution in [0.1, 0.15) is 0 Å². The Labute approximate surface area is 121 Å². The fourth-order valence-electron chi connectivity index (χ4n) is 1.05. The highest BCUT2D eigenvalue weighted by atomic mass is 19.4. The predicted octanol–water partition coefficient (Wildman–Crippen LogP) is 5.16. The molecule has 0 N–H and O–H groups in total. The standard InChI is InChI=1S/C9F15/c10-2-1-4(13,14)6(17,18)8(21,22)9(23,24)7(19,20)5(15,16)3(11)12. The van der Waals surface area contributed by atoms with E-state index in [1.807, 2.05) is 0 Å². The molecular formula is C9F15. The van der Waals surface area contributed by atoms with Crippen molar-refractivity contribution in [3.63, 3.8) is 0 Å². The lowest BCUT2D eigenvalue weighted by molar-refractivity contribution is -0.421. The van der Waals surface area contributed by atoms with Crippen LogP contribution in [0, 0.1) is 18.5 Å². The fourth-order valence-corrected chi connectivity index (χ4v) is 1.05. The van der Waals surface area contributed by atoms with E-state index in [1.54, 1.807) is 0 Å². The first-order chi connectivity index (χ1) is 10.3. The summed E-state index contributed by atoms with van der Waals surface area (Å²) in [5.74, 6) is -46.6. The molecule has 0 aliphatic carbocycles. The zero-order valence-corrected chi connectivity index (χ0v) is 10.2. The van der Waals surface area contributed by atoms with Crippen LogP contribution >= 0.6 is 0 Å². The average molecular weight is 393 g/mol. The maximum absolute atomic E-state index is 12.8. The highest BCUT2D eigenvalue weighted by Gasteiger charge is 2.91. The third kappa shape index (κ3) is 2.73. The van der Waals surface area contributed by atoms with Crippen LogP contribution in [-0.2, 0) is 0 Å². The highest BCUT2D eigenvalue weighted by Crippen LogP contribution is 2.61. The van der Waals surface area contributed by atoms with Crippen LogP contribution in [-0.4, -0.2) is 35.5 Å². The fraction of sp³-hybridized carbons (Fsp3) is 0.667. The number of hydrogen-bond acceptors (Lipinski definition) is 0. The number of halogens is 15. The van der Waals surface area contributed by atoms with Crippen molar-refractivity contribution in [1.82, 2.24) is 0 Å². The summed E-state index contributed by atoms with van der Waals surface area (Å²) < 4.78 is 186. The average Bonchev–Trinajstić information content (AvgIpc) is 2.37. The van der Waals surface area contributed by atoms with Crippen molar-refractivity contribution < 1.29 is 65.9 Å². The van der Waals surface area contributed by atoms with Crippen LogP contribution in [0.3, 0.4) is 0 Å². The van der Waals surface area contributed by atoms with Crippen LogP contribution < -0.4 is 0 Å². The summed E-state index contributed by atoms with van der Waals surface area (Å²) in [5.41, 5.74) is 0. The monoisotopic (exact) mass is 393 g/mol. The molecule has 141 valence electrons. The van der Waals surface area contributed by atoms with Crippen molar-refractivity contribution in [2.24, 2.45) is 0 Å². The third-order valence-corrected chi connectivity index (χ3v) is 2.41. The number of rotatable bonds is 6. The van der Waals surface area contributed by atoms with E-state index in [4.69, 9.17) is 0 Å². The van der Waals surface area contributed by atoms with Gasteiger partial charge in [0.1, 0.15) is 6.17 Å². The molecule has 0 atom stereocenters. The molecule has 0 aromatic heterocycles. The summed E-state index contributed by atoms with van der Waals surface area (Å²) >= 11 is 0. The Hall–Kier alpha value is -1.49. The Kier molecular flexibility index (Phi) is 5.44. The van der Waals surface area contributed by atoms with Gasteiger partial charge in [0, 0.05) is 5.92 Å². The van der Waals surface area contributed by atoms with Gasteiger partial charge in [-0.15, -0.1) is 4.39 Å². The number of alkyl halides is 12. The van der Waals surface area contributed by atoms with E-state index in [2.05, 4.69) is 0 Å². The van der Waals surface area contributed by atoms with Gasteiger partial charge in [0.2, 0.25) is 0 Å². The van der Waals surface area contributed by atoms with Crippen molar-refractivity contribution in [3.8, 4) is 12.1 Å². The first-order valence-electron chi connectivity index (χ1n) is 4.83. The minimum Gasteiger partial charge on any atom is -0.192 e. The van der Waals surface area contributed by atoms with E-state index < -0.39 is 54.1 Å². The Balaban J connectivity index is 6.41. The molecule has 0 nitrogen and oxygen atoms in total. The molecule has 0 spiro atoms. The van der Waals surface area contributed by atoms with E-state index in [0.717, 1.165) is 0 Å². The molecule has 0 heterocycles. The lowest BCUT2D eigenvalue weighted by Gasteiger charge is -2.39. The Bertz CT molecular complexity index is 519. The molecule has 0 rings (SSSR count). The topological polar surface area (TPSA) is 0 Å². The molecular weight excluding hydrogens is 393 g/mol. The first kappa shape index (κ1) is 22.5. The normalized spacial score (nSPS) is 15.3. The molecule has 0 saturated heterocycles. The number of hydrogen-bond donors (Lipinski definition) is 0. The van der Waals surface area contributed by atoms with E-state index in [0.29, 0.717) is 0 Å². The van der Waals surface area contributed by atoms with Crippen molar-refractivity contribution in [3.05, 3.63) is 6.43 Å². The quantitative estimate of drug-likeness (QED) is 0.432. The third-order valence-electron chi connectivity index (χ3n) is 2.41. The van der Waals surface area contributed by atoms with Gasteiger partial charge in [-0.2, -0.15) is 61.5 Å². The van der Waals surface area contributed by atoms with Gasteiger partial charge in [0.15, 0.2) is 0 Å². The van der Waals surface area contributed by atoms with Gasteiger partial charge in [0.05, 0.1) is 0 Å². The van der Waals surface area contributed by atoms with E-state index >= 15 is 0 Å². The smallest absolute Gasteiger partial charge is 0.192 e. The van der Waals surface area contributed by atoms with Gasteiger partial charge >= 0.3 is 42.0 Å². The maximum Gasteiger partial charge on any atom is 0.390 e. The zero-order chi connectivity index (χ0) is 20.0. The Morgan fingerprint density at radius 1 is 0.542 bits per heavy atom. The molecule has 0 unspecified atom stereocenters. The second-order valence-corrected chi connectivity index (χ2v) is 3.93. The molecule has 0 saturated carbocycles. The van der Waals surface area contributed by atoms with Gasteiger partial charge in [-0.25, -0.2) is 0 Å². The van der Waals surface area contributed by atoms with Gasteiger partial charge in [-0.05, 0) is 0 Å². The van der Waals surface area contributed by atoms with Gasteiger partial charge in [-0.3, -0.25) is 0 Å². The Morgan fingerprint density at radius 2 is 0.875 bits per heavy atom. The van der Waals surface area contributed by atoms with Crippen LogP contribution in [0.4, 0.5) is 65.9 Å². The minimum atomic E-state index is -8.14. The molecule has 0 aliphatic rings. The van der Waals surface area contributed by atoms with Crippen LogP contribution in [0.5, 0.6) is 0 Å². The van der Waals surface area contributed by atoms with Crippen molar-refractivity contribution in [1.29, 1.82) is 0 Å². The van der Waals surface area contributed by atoms with Gasteiger partial charge < -0.3 is 0 Å². The SMILES string of the molecule is FC#CC(F)(F)C(F)(F)C(F)(F)C(F)(F)C(F)(F)C(F)(F)[C](F)F.